The fourth-order valence-electron chi connectivity index (χ4n) is 3.83. The summed E-state index contributed by atoms with van der Waals surface area (Å²) in [5, 5.41) is 13.1. The van der Waals surface area contributed by atoms with Gasteiger partial charge in [0.25, 0.3) is 5.91 Å². The summed E-state index contributed by atoms with van der Waals surface area (Å²) < 4.78 is 1.63. The Morgan fingerprint density at radius 2 is 2.00 bits per heavy atom. The molecule has 0 fully saturated rings. The summed E-state index contributed by atoms with van der Waals surface area (Å²) in [6.45, 7) is 3.52. The molecule has 0 radical (unpaired) electrons. The molecule has 1 aromatic carbocycles. The minimum atomic E-state index is -1.08. The number of carboxylic acid groups (broad SMARTS) is 1. The van der Waals surface area contributed by atoms with Gasteiger partial charge >= 0.3 is 5.97 Å². The van der Waals surface area contributed by atoms with Crippen LogP contribution in [0.5, 0.6) is 0 Å². The first kappa shape index (κ1) is 17.3. The van der Waals surface area contributed by atoms with Crippen LogP contribution in [0.15, 0.2) is 30.3 Å². The molecular formula is C19H20N4O4. The zero-order valence-electron chi connectivity index (χ0n) is 15.0. The van der Waals surface area contributed by atoms with E-state index in [9.17, 15) is 14.4 Å². The number of hydrogen-bond donors (Lipinski definition) is 1. The summed E-state index contributed by atoms with van der Waals surface area (Å²) in [5.41, 5.74) is 2.28. The summed E-state index contributed by atoms with van der Waals surface area (Å²) in [5.74, 6) is -1.30. The van der Waals surface area contributed by atoms with Crippen molar-refractivity contribution >= 4 is 17.8 Å². The maximum atomic E-state index is 13.1. The number of rotatable bonds is 4. The van der Waals surface area contributed by atoms with E-state index in [1.165, 1.54) is 6.07 Å². The Morgan fingerprint density at radius 3 is 2.70 bits per heavy atom. The van der Waals surface area contributed by atoms with Gasteiger partial charge in [-0.25, -0.2) is 4.79 Å². The molecular weight excluding hydrogens is 348 g/mol. The van der Waals surface area contributed by atoms with Crippen molar-refractivity contribution < 1.29 is 19.5 Å². The second kappa shape index (κ2) is 6.53. The Kier molecular flexibility index (Phi) is 4.18. The van der Waals surface area contributed by atoms with Crippen LogP contribution in [0.3, 0.4) is 0 Å². The van der Waals surface area contributed by atoms with E-state index in [-0.39, 0.29) is 17.5 Å². The molecule has 2 aliphatic rings. The summed E-state index contributed by atoms with van der Waals surface area (Å²) in [6.07, 6.45) is 0.523. The molecule has 2 aliphatic heterocycles. The van der Waals surface area contributed by atoms with Crippen molar-refractivity contribution in [1.82, 2.24) is 19.6 Å². The van der Waals surface area contributed by atoms with E-state index < -0.39 is 12.0 Å². The van der Waals surface area contributed by atoms with E-state index >= 15 is 0 Å². The molecule has 3 heterocycles. The fourth-order valence-corrected chi connectivity index (χ4v) is 3.83. The van der Waals surface area contributed by atoms with Gasteiger partial charge in [-0.15, -0.1) is 0 Å². The number of aromatic nitrogens is 2. The van der Waals surface area contributed by atoms with Crippen LogP contribution in [0.2, 0.25) is 0 Å². The minimum absolute atomic E-state index is 0.0171. The molecule has 0 aliphatic carbocycles. The average Bonchev–Trinajstić information content (AvgIpc) is 3.24. The first-order chi connectivity index (χ1) is 13.0. The second-order valence-corrected chi connectivity index (χ2v) is 6.82. The first-order valence-corrected chi connectivity index (χ1v) is 8.97. The third-order valence-corrected chi connectivity index (χ3v) is 5.23. The normalized spacial score (nSPS) is 16.9. The van der Waals surface area contributed by atoms with Gasteiger partial charge in [-0.1, -0.05) is 25.1 Å². The van der Waals surface area contributed by atoms with Crippen LogP contribution in [-0.4, -0.2) is 55.1 Å². The average molecular weight is 368 g/mol. The molecule has 140 valence electrons. The van der Waals surface area contributed by atoms with Gasteiger partial charge in [0, 0.05) is 18.7 Å². The predicted octanol–water partition coefficient (Wildman–Crippen LogP) is 1.36. The Labute approximate surface area is 156 Å². The van der Waals surface area contributed by atoms with Crippen LogP contribution in [0.25, 0.3) is 0 Å². The molecule has 0 saturated carbocycles. The van der Waals surface area contributed by atoms with Crippen molar-refractivity contribution in [3.05, 3.63) is 52.8 Å². The van der Waals surface area contributed by atoms with E-state index in [2.05, 4.69) is 5.10 Å². The van der Waals surface area contributed by atoms with Crippen molar-refractivity contribution in [2.45, 2.75) is 39.0 Å². The number of carbonyl (C=O) groups is 3. The van der Waals surface area contributed by atoms with Gasteiger partial charge in [0.1, 0.15) is 6.04 Å². The van der Waals surface area contributed by atoms with Crippen LogP contribution < -0.4 is 0 Å². The molecule has 27 heavy (non-hydrogen) atoms. The predicted molar refractivity (Wildman–Crippen MR) is 95.0 cm³/mol. The minimum Gasteiger partial charge on any atom is -0.476 e. The quantitative estimate of drug-likeness (QED) is 0.879. The van der Waals surface area contributed by atoms with E-state index in [0.717, 1.165) is 5.56 Å². The van der Waals surface area contributed by atoms with Crippen LogP contribution in [0, 0.1) is 0 Å². The zero-order chi connectivity index (χ0) is 19.1. The number of amides is 2. The SMILES string of the molecule is CC[C@@H](C(=O)N1CCn2nc(C(=O)O)cc2C1)N1Cc2ccccc2C1=O. The lowest BCUT2D eigenvalue weighted by Crippen LogP contribution is -2.50. The molecule has 1 aromatic heterocycles. The summed E-state index contributed by atoms with van der Waals surface area (Å²) in [7, 11) is 0. The van der Waals surface area contributed by atoms with Crippen LogP contribution in [0.4, 0.5) is 0 Å². The lowest BCUT2D eigenvalue weighted by Gasteiger charge is -2.34. The maximum absolute atomic E-state index is 13.1. The van der Waals surface area contributed by atoms with Gasteiger partial charge in [0.05, 0.1) is 18.8 Å². The first-order valence-electron chi connectivity index (χ1n) is 8.97. The largest absolute Gasteiger partial charge is 0.476 e. The Balaban J connectivity index is 1.53. The molecule has 8 nitrogen and oxygen atoms in total. The highest BCUT2D eigenvalue weighted by Gasteiger charge is 2.38. The summed E-state index contributed by atoms with van der Waals surface area (Å²) in [4.78, 5) is 40.3. The number of aromatic carboxylic acids is 1. The monoisotopic (exact) mass is 368 g/mol. The molecule has 8 heteroatoms. The molecule has 4 rings (SSSR count). The lowest BCUT2D eigenvalue weighted by molar-refractivity contribution is -0.138. The molecule has 0 bridgehead atoms. The van der Waals surface area contributed by atoms with Crippen LogP contribution in [0.1, 0.15) is 45.4 Å². The number of hydrogen-bond acceptors (Lipinski definition) is 4. The van der Waals surface area contributed by atoms with E-state index in [1.54, 1.807) is 20.5 Å². The second-order valence-electron chi connectivity index (χ2n) is 6.82. The van der Waals surface area contributed by atoms with Gasteiger partial charge in [0.15, 0.2) is 5.69 Å². The van der Waals surface area contributed by atoms with Crippen LogP contribution in [-0.2, 0) is 24.4 Å². The topological polar surface area (TPSA) is 95.7 Å². The third-order valence-electron chi connectivity index (χ3n) is 5.23. The number of fused-ring (bicyclic) bond motifs is 2. The molecule has 2 aromatic rings. The van der Waals surface area contributed by atoms with Crippen molar-refractivity contribution in [2.24, 2.45) is 0 Å². The molecule has 0 unspecified atom stereocenters. The number of carbonyl (C=O) groups excluding carboxylic acids is 2. The highest BCUT2D eigenvalue weighted by Crippen LogP contribution is 2.27. The van der Waals surface area contributed by atoms with Crippen molar-refractivity contribution in [3.8, 4) is 0 Å². The Bertz CT molecular complexity index is 936. The number of nitrogens with zero attached hydrogens (tertiary/aromatic N) is 4. The summed E-state index contributed by atoms with van der Waals surface area (Å²) in [6, 6.07) is 8.40. The Hall–Kier alpha value is -3.16. The van der Waals surface area contributed by atoms with Crippen molar-refractivity contribution in [1.29, 1.82) is 0 Å². The van der Waals surface area contributed by atoms with Crippen LogP contribution >= 0.6 is 0 Å². The number of carboxylic acids is 1. The van der Waals surface area contributed by atoms with Gasteiger partial charge in [-0.05, 0) is 24.1 Å². The van der Waals surface area contributed by atoms with E-state index in [1.807, 2.05) is 25.1 Å². The lowest BCUT2D eigenvalue weighted by atomic mass is 10.1. The fraction of sp³-hybridized carbons (Fsp3) is 0.368. The summed E-state index contributed by atoms with van der Waals surface area (Å²) >= 11 is 0. The van der Waals surface area contributed by atoms with Gasteiger partial charge in [-0.2, -0.15) is 5.10 Å². The molecule has 0 spiro atoms. The molecule has 1 atom stereocenters. The van der Waals surface area contributed by atoms with Gasteiger partial charge in [-0.3, -0.25) is 14.3 Å². The molecule has 2 amide bonds. The Morgan fingerprint density at radius 1 is 1.22 bits per heavy atom. The smallest absolute Gasteiger partial charge is 0.356 e. The molecule has 1 N–H and O–H groups in total. The van der Waals surface area contributed by atoms with Gasteiger partial charge < -0.3 is 14.9 Å². The standard InChI is InChI=1S/C19H20N4O4/c1-2-16(22-10-12-5-3-4-6-14(12)17(22)24)18(25)21-7-8-23-13(11-21)9-15(20-23)19(26)27/h3-6,9,16H,2,7-8,10-11H2,1H3,(H,26,27)/t16-/m0/s1. The maximum Gasteiger partial charge on any atom is 0.356 e. The highest BCUT2D eigenvalue weighted by atomic mass is 16.4. The number of benzene rings is 1. The van der Waals surface area contributed by atoms with Crippen molar-refractivity contribution in [2.75, 3.05) is 6.54 Å². The van der Waals surface area contributed by atoms with Crippen molar-refractivity contribution in [3.63, 3.8) is 0 Å². The highest BCUT2D eigenvalue weighted by molar-refractivity contribution is 6.01. The zero-order valence-corrected chi connectivity index (χ0v) is 15.0. The third kappa shape index (κ3) is 2.87. The molecule has 0 saturated heterocycles. The van der Waals surface area contributed by atoms with E-state index in [4.69, 9.17) is 5.11 Å². The van der Waals surface area contributed by atoms with Gasteiger partial charge in [0.2, 0.25) is 5.91 Å². The van der Waals surface area contributed by atoms with E-state index in [0.29, 0.717) is 43.9 Å².